The number of hydrogen-bond acceptors (Lipinski definition) is 3. The van der Waals surface area contributed by atoms with E-state index in [1.165, 1.54) is 0 Å². The van der Waals surface area contributed by atoms with Gasteiger partial charge < -0.3 is 4.74 Å². The van der Waals surface area contributed by atoms with Crippen molar-refractivity contribution in [3.8, 4) is 5.88 Å². The van der Waals surface area contributed by atoms with Gasteiger partial charge in [0, 0.05) is 12.4 Å². The zero-order valence-electron chi connectivity index (χ0n) is 13.0. The van der Waals surface area contributed by atoms with Gasteiger partial charge >= 0.3 is 0 Å². The van der Waals surface area contributed by atoms with Crippen LogP contribution in [0.3, 0.4) is 0 Å². The van der Waals surface area contributed by atoms with Crippen molar-refractivity contribution in [2.45, 2.75) is 27.4 Å². The monoisotopic (exact) mass is 314 g/mol. The van der Waals surface area contributed by atoms with Crippen molar-refractivity contribution in [1.82, 2.24) is 9.97 Å². The Morgan fingerprint density at radius 2 is 1.73 bits per heavy atom. The molecular formula is C18H19ClN2O. The van der Waals surface area contributed by atoms with Gasteiger partial charge in [-0.3, -0.25) is 0 Å². The van der Waals surface area contributed by atoms with Gasteiger partial charge in [-0.15, -0.1) is 0 Å². The molecular weight excluding hydrogens is 296 g/mol. The second-order valence-electron chi connectivity index (χ2n) is 4.57. The van der Waals surface area contributed by atoms with Gasteiger partial charge in [0.1, 0.15) is 11.8 Å². The van der Waals surface area contributed by atoms with Crippen LogP contribution in [0.4, 0.5) is 0 Å². The molecule has 0 atom stereocenters. The highest BCUT2D eigenvalue weighted by atomic mass is 35.5. The molecule has 0 unspecified atom stereocenters. The van der Waals surface area contributed by atoms with Gasteiger partial charge in [-0.25, -0.2) is 9.97 Å². The van der Waals surface area contributed by atoms with E-state index in [2.05, 4.69) is 9.97 Å². The van der Waals surface area contributed by atoms with Crippen LogP contribution in [0.1, 0.15) is 25.0 Å². The SMILES string of the molecule is CC.Cc1cnc(OCc2ccccc2)c2cnc(Cl)cc12. The number of aromatic nitrogens is 2. The molecule has 2 heterocycles. The summed E-state index contributed by atoms with van der Waals surface area (Å²) < 4.78 is 5.81. The van der Waals surface area contributed by atoms with Crippen molar-refractivity contribution in [3.63, 3.8) is 0 Å². The van der Waals surface area contributed by atoms with Gasteiger partial charge in [0.2, 0.25) is 5.88 Å². The molecule has 0 bridgehead atoms. The number of aryl methyl sites for hydroxylation is 1. The summed E-state index contributed by atoms with van der Waals surface area (Å²) in [6.07, 6.45) is 3.50. The molecule has 22 heavy (non-hydrogen) atoms. The molecule has 2 aromatic heterocycles. The third-order valence-electron chi connectivity index (χ3n) is 3.12. The van der Waals surface area contributed by atoms with E-state index in [-0.39, 0.29) is 0 Å². The summed E-state index contributed by atoms with van der Waals surface area (Å²) in [4.78, 5) is 8.46. The molecule has 0 N–H and O–H groups in total. The molecule has 0 aliphatic heterocycles. The van der Waals surface area contributed by atoms with Crippen molar-refractivity contribution in [2.75, 3.05) is 0 Å². The molecule has 0 spiro atoms. The third-order valence-corrected chi connectivity index (χ3v) is 3.33. The predicted molar refractivity (Wildman–Crippen MR) is 91.4 cm³/mol. The zero-order valence-corrected chi connectivity index (χ0v) is 13.8. The van der Waals surface area contributed by atoms with Crippen molar-refractivity contribution < 1.29 is 4.74 Å². The smallest absolute Gasteiger partial charge is 0.223 e. The van der Waals surface area contributed by atoms with Crippen LogP contribution in [0.5, 0.6) is 5.88 Å². The topological polar surface area (TPSA) is 35.0 Å². The van der Waals surface area contributed by atoms with Crippen molar-refractivity contribution >= 4 is 22.4 Å². The van der Waals surface area contributed by atoms with Gasteiger partial charge in [0.15, 0.2) is 0 Å². The Balaban J connectivity index is 0.000000847. The van der Waals surface area contributed by atoms with Crippen LogP contribution < -0.4 is 4.74 Å². The van der Waals surface area contributed by atoms with Crippen molar-refractivity contribution in [2.24, 2.45) is 0 Å². The number of rotatable bonds is 3. The minimum absolute atomic E-state index is 0.473. The average molecular weight is 315 g/mol. The molecule has 0 saturated carbocycles. The van der Waals surface area contributed by atoms with Crippen LogP contribution in [0, 0.1) is 6.92 Å². The Labute approximate surface area is 135 Å². The van der Waals surface area contributed by atoms with E-state index >= 15 is 0 Å². The van der Waals surface area contributed by atoms with Crippen LogP contribution >= 0.6 is 11.6 Å². The first kappa shape index (κ1) is 16.2. The van der Waals surface area contributed by atoms with Crippen LogP contribution in [0.2, 0.25) is 5.15 Å². The molecule has 0 amide bonds. The number of nitrogens with zero attached hydrogens (tertiary/aromatic N) is 2. The summed E-state index contributed by atoms with van der Waals surface area (Å²) in [5, 5.41) is 2.37. The Morgan fingerprint density at radius 3 is 2.45 bits per heavy atom. The van der Waals surface area contributed by atoms with Crippen LogP contribution in [0.15, 0.2) is 48.8 Å². The van der Waals surface area contributed by atoms with Crippen molar-refractivity contribution in [3.05, 3.63) is 65.1 Å². The Kier molecular flexibility index (Phi) is 5.73. The lowest BCUT2D eigenvalue weighted by atomic mass is 10.1. The molecule has 114 valence electrons. The second-order valence-corrected chi connectivity index (χ2v) is 4.96. The molecule has 0 fully saturated rings. The largest absolute Gasteiger partial charge is 0.472 e. The highest BCUT2D eigenvalue weighted by Crippen LogP contribution is 2.27. The minimum atomic E-state index is 0.473. The van der Waals surface area contributed by atoms with E-state index < -0.39 is 0 Å². The van der Waals surface area contributed by atoms with Crippen LogP contribution in [-0.2, 0) is 6.61 Å². The van der Waals surface area contributed by atoms with E-state index in [0.717, 1.165) is 21.9 Å². The number of pyridine rings is 2. The summed E-state index contributed by atoms with van der Waals surface area (Å²) in [5.41, 5.74) is 2.15. The van der Waals surface area contributed by atoms with E-state index in [4.69, 9.17) is 16.3 Å². The predicted octanol–water partition coefficient (Wildman–Crippen LogP) is 5.20. The highest BCUT2D eigenvalue weighted by molar-refractivity contribution is 6.30. The average Bonchev–Trinajstić information content (AvgIpc) is 2.57. The maximum Gasteiger partial charge on any atom is 0.223 e. The minimum Gasteiger partial charge on any atom is -0.472 e. The van der Waals surface area contributed by atoms with Gasteiger partial charge in [0.05, 0.1) is 5.39 Å². The standard InChI is InChI=1S/C16H13ClN2O.C2H6/c1-11-8-19-16(14-9-18-15(17)7-13(11)14)20-10-12-5-3-2-4-6-12;1-2/h2-9H,10H2,1H3;1-2H3. The van der Waals surface area contributed by atoms with Gasteiger partial charge in [-0.1, -0.05) is 55.8 Å². The molecule has 3 aromatic rings. The van der Waals surface area contributed by atoms with Gasteiger partial charge in [-0.05, 0) is 29.5 Å². The Hall–Kier alpha value is -2.13. The van der Waals surface area contributed by atoms with Crippen LogP contribution in [-0.4, -0.2) is 9.97 Å². The zero-order chi connectivity index (χ0) is 15.9. The molecule has 4 heteroatoms. The van der Waals surface area contributed by atoms with Gasteiger partial charge in [0.25, 0.3) is 0 Å². The summed E-state index contributed by atoms with van der Waals surface area (Å²) >= 11 is 5.94. The fraction of sp³-hybridized carbons (Fsp3) is 0.222. The van der Waals surface area contributed by atoms with E-state index in [1.54, 1.807) is 12.4 Å². The first-order chi connectivity index (χ1) is 10.7. The number of halogens is 1. The van der Waals surface area contributed by atoms with E-state index in [0.29, 0.717) is 17.6 Å². The summed E-state index contributed by atoms with van der Waals surface area (Å²) in [6, 6.07) is 11.8. The lowest BCUT2D eigenvalue weighted by Crippen LogP contribution is -1.98. The van der Waals surface area contributed by atoms with Crippen LogP contribution in [0.25, 0.3) is 10.8 Å². The molecule has 0 aliphatic rings. The number of fused-ring (bicyclic) bond motifs is 1. The molecule has 0 aliphatic carbocycles. The van der Waals surface area contributed by atoms with E-state index in [1.807, 2.05) is 57.2 Å². The number of benzene rings is 1. The maximum atomic E-state index is 5.94. The second kappa shape index (κ2) is 7.76. The van der Waals surface area contributed by atoms with Gasteiger partial charge in [-0.2, -0.15) is 0 Å². The molecule has 0 saturated heterocycles. The lowest BCUT2D eigenvalue weighted by molar-refractivity contribution is 0.298. The Morgan fingerprint density at radius 1 is 1.00 bits per heavy atom. The molecule has 1 aromatic carbocycles. The van der Waals surface area contributed by atoms with Crippen molar-refractivity contribution in [1.29, 1.82) is 0 Å². The normalized spacial score (nSPS) is 10.0. The summed E-state index contributed by atoms with van der Waals surface area (Å²) in [7, 11) is 0. The maximum absolute atomic E-state index is 5.94. The summed E-state index contributed by atoms with van der Waals surface area (Å²) in [5.74, 6) is 0.582. The molecule has 3 rings (SSSR count). The first-order valence-electron chi connectivity index (χ1n) is 7.31. The quantitative estimate of drug-likeness (QED) is 0.623. The Bertz CT molecular complexity index is 745. The fourth-order valence-electron chi connectivity index (χ4n) is 2.06. The number of ether oxygens (including phenoxy) is 1. The number of hydrogen-bond donors (Lipinski definition) is 0. The lowest BCUT2D eigenvalue weighted by Gasteiger charge is -2.09. The summed E-state index contributed by atoms with van der Waals surface area (Å²) in [6.45, 7) is 6.47. The highest BCUT2D eigenvalue weighted by Gasteiger charge is 2.08. The fourth-order valence-corrected chi connectivity index (χ4v) is 2.22. The molecule has 0 radical (unpaired) electrons. The third kappa shape index (κ3) is 3.74. The first-order valence-corrected chi connectivity index (χ1v) is 7.69. The van der Waals surface area contributed by atoms with E-state index in [9.17, 15) is 0 Å². The molecule has 3 nitrogen and oxygen atoms in total.